The SMILES string of the molecule is CC[C@@H]1CCCCN1C(=S)NC1CCCCC1. The predicted molar refractivity (Wildman–Crippen MR) is 77.2 cm³/mol. The van der Waals surface area contributed by atoms with Crippen molar-refractivity contribution in [2.45, 2.75) is 76.8 Å². The van der Waals surface area contributed by atoms with Crippen molar-refractivity contribution < 1.29 is 0 Å². The lowest BCUT2D eigenvalue weighted by Crippen LogP contribution is -2.51. The van der Waals surface area contributed by atoms with Gasteiger partial charge in [-0.2, -0.15) is 0 Å². The third kappa shape index (κ3) is 3.57. The first-order chi connectivity index (χ1) is 8.31. The molecule has 0 amide bonds. The first-order valence-corrected chi connectivity index (χ1v) is 7.79. The monoisotopic (exact) mass is 254 g/mol. The molecule has 2 fully saturated rings. The van der Waals surface area contributed by atoms with Gasteiger partial charge in [0, 0.05) is 18.6 Å². The Kier molecular flexibility index (Phi) is 5.08. The molecule has 0 aromatic heterocycles. The molecule has 2 aliphatic rings. The van der Waals surface area contributed by atoms with Crippen LogP contribution in [0.15, 0.2) is 0 Å². The highest BCUT2D eigenvalue weighted by atomic mass is 32.1. The van der Waals surface area contributed by atoms with Gasteiger partial charge in [0.15, 0.2) is 5.11 Å². The zero-order chi connectivity index (χ0) is 12.1. The van der Waals surface area contributed by atoms with Gasteiger partial charge in [-0.3, -0.25) is 0 Å². The van der Waals surface area contributed by atoms with E-state index in [1.807, 2.05) is 0 Å². The molecule has 17 heavy (non-hydrogen) atoms. The summed E-state index contributed by atoms with van der Waals surface area (Å²) in [7, 11) is 0. The topological polar surface area (TPSA) is 15.3 Å². The van der Waals surface area contributed by atoms with Gasteiger partial charge in [-0.25, -0.2) is 0 Å². The Morgan fingerprint density at radius 2 is 1.82 bits per heavy atom. The van der Waals surface area contributed by atoms with Crippen LogP contribution >= 0.6 is 12.2 Å². The Morgan fingerprint density at radius 1 is 1.12 bits per heavy atom. The summed E-state index contributed by atoms with van der Waals surface area (Å²) in [5, 5.41) is 4.64. The number of thiocarbonyl (C=S) groups is 1. The van der Waals surface area contributed by atoms with Crippen LogP contribution in [0.4, 0.5) is 0 Å². The molecule has 0 bridgehead atoms. The molecule has 0 aromatic carbocycles. The minimum absolute atomic E-state index is 0.649. The molecular weight excluding hydrogens is 228 g/mol. The van der Waals surface area contributed by atoms with Crippen LogP contribution in [0.5, 0.6) is 0 Å². The summed E-state index contributed by atoms with van der Waals surface area (Å²) >= 11 is 5.61. The molecule has 0 spiro atoms. The molecule has 1 heterocycles. The van der Waals surface area contributed by atoms with Crippen molar-refractivity contribution in [1.29, 1.82) is 0 Å². The summed E-state index contributed by atoms with van der Waals surface area (Å²) in [5.41, 5.74) is 0. The van der Waals surface area contributed by atoms with Gasteiger partial charge in [-0.1, -0.05) is 26.2 Å². The molecule has 0 radical (unpaired) electrons. The van der Waals surface area contributed by atoms with E-state index in [9.17, 15) is 0 Å². The fourth-order valence-electron chi connectivity index (χ4n) is 3.20. The Morgan fingerprint density at radius 3 is 2.53 bits per heavy atom. The van der Waals surface area contributed by atoms with Crippen LogP contribution < -0.4 is 5.32 Å². The van der Waals surface area contributed by atoms with Crippen LogP contribution in [-0.2, 0) is 0 Å². The molecule has 2 rings (SSSR count). The summed E-state index contributed by atoms with van der Waals surface area (Å²) in [6.45, 7) is 3.45. The average molecular weight is 254 g/mol. The number of rotatable bonds is 2. The molecule has 98 valence electrons. The molecule has 1 saturated heterocycles. The lowest BCUT2D eigenvalue weighted by atomic mass is 9.95. The molecule has 2 nitrogen and oxygen atoms in total. The maximum atomic E-state index is 5.61. The molecule has 1 atom stereocenters. The van der Waals surface area contributed by atoms with Crippen LogP contribution in [0.3, 0.4) is 0 Å². The van der Waals surface area contributed by atoms with Crippen molar-refractivity contribution >= 4 is 17.3 Å². The second kappa shape index (κ2) is 6.58. The Bertz CT molecular complexity index is 249. The molecular formula is C14H26N2S. The van der Waals surface area contributed by atoms with Gasteiger partial charge in [-0.05, 0) is 50.7 Å². The standard InChI is InChI=1S/C14H26N2S/c1-2-13-10-6-7-11-16(13)14(17)15-12-8-4-3-5-9-12/h12-13H,2-11H2,1H3,(H,15,17)/t13-/m1/s1. The molecule has 0 unspecified atom stereocenters. The summed E-state index contributed by atoms with van der Waals surface area (Å²) in [5.74, 6) is 0. The number of nitrogens with one attached hydrogen (secondary N) is 1. The third-order valence-corrected chi connectivity index (χ3v) is 4.64. The smallest absolute Gasteiger partial charge is 0.169 e. The maximum Gasteiger partial charge on any atom is 0.169 e. The van der Waals surface area contributed by atoms with Crippen molar-refractivity contribution in [3.8, 4) is 0 Å². The third-order valence-electron chi connectivity index (χ3n) is 4.29. The van der Waals surface area contributed by atoms with Crippen molar-refractivity contribution in [2.75, 3.05) is 6.54 Å². The Balaban J connectivity index is 1.84. The zero-order valence-electron chi connectivity index (χ0n) is 11.1. The lowest BCUT2D eigenvalue weighted by molar-refractivity contribution is 0.229. The highest BCUT2D eigenvalue weighted by Crippen LogP contribution is 2.21. The normalized spacial score (nSPS) is 26.9. The first-order valence-electron chi connectivity index (χ1n) is 7.38. The number of hydrogen-bond donors (Lipinski definition) is 1. The van der Waals surface area contributed by atoms with E-state index in [4.69, 9.17) is 12.2 Å². The summed E-state index contributed by atoms with van der Waals surface area (Å²) in [4.78, 5) is 2.45. The Labute approximate surface area is 111 Å². The maximum absolute atomic E-state index is 5.61. The van der Waals surface area contributed by atoms with E-state index in [-0.39, 0.29) is 0 Å². The predicted octanol–water partition coefficient (Wildman–Crippen LogP) is 3.46. The largest absolute Gasteiger partial charge is 0.360 e. The summed E-state index contributed by atoms with van der Waals surface area (Å²) < 4.78 is 0. The molecule has 1 saturated carbocycles. The summed E-state index contributed by atoms with van der Waals surface area (Å²) in [6, 6.07) is 1.34. The highest BCUT2D eigenvalue weighted by molar-refractivity contribution is 7.80. The van der Waals surface area contributed by atoms with E-state index in [2.05, 4.69) is 17.1 Å². The molecule has 3 heteroatoms. The fraction of sp³-hybridized carbons (Fsp3) is 0.929. The number of likely N-dealkylation sites (tertiary alicyclic amines) is 1. The van der Waals surface area contributed by atoms with Gasteiger partial charge in [0.25, 0.3) is 0 Å². The van der Waals surface area contributed by atoms with Gasteiger partial charge in [-0.15, -0.1) is 0 Å². The minimum Gasteiger partial charge on any atom is -0.360 e. The van der Waals surface area contributed by atoms with Crippen LogP contribution in [0.2, 0.25) is 0 Å². The lowest BCUT2D eigenvalue weighted by Gasteiger charge is -2.39. The molecule has 1 N–H and O–H groups in total. The van der Waals surface area contributed by atoms with Crippen LogP contribution in [0, 0.1) is 0 Å². The minimum atomic E-state index is 0.649. The van der Waals surface area contributed by atoms with E-state index in [1.54, 1.807) is 0 Å². The fourth-order valence-corrected chi connectivity index (χ4v) is 3.60. The number of hydrogen-bond acceptors (Lipinski definition) is 1. The van der Waals surface area contributed by atoms with E-state index < -0.39 is 0 Å². The van der Waals surface area contributed by atoms with E-state index in [1.165, 1.54) is 57.8 Å². The first kappa shape index (κ1) is 13.1. The van der Waals surface area contributed by atoms with Crippen LogP contribution in [0.25, 0.3) is 0 Å². The van der Waals surface area contributed by atoms with Crippen molar-refractivity contribution in [3.63, 3.8) is 0 Å². The quantitative estimate of drug-likeness (QED) is 0.760. The zero-order valence-corrected chi connectivity index (χ0v) is 11.9. The second-order valence-electron chi connectivity index (χ2n) is 5.54. The van der Waals surface area contributed by atoms with Crippen LogP contribution in [0.1, 0.15) is 64.7 Å². The molecule has 1 aliphatic carbocycles. The van der Waals surface area contributed by atoms with Gasteiger partial charge in [0.05, 0.1) is 0 Å². The van der Waals surface area contributed by atoms with Crippen molar-refractivity contribution in [2.24, 2.45) is 0 Å². The van der Waals surface area contributed by atoms with Gasteiger partial charge in [0.2, 0.25) is 0 Å². The van der Waals surface area contributed by atoms with E-state index >= 15 is 0 Å². The van der Waals surface area contributed by atoms with Crippen molar-refractivity contribution in [1.82, 2.24) is 10.2 Å². The number of nitrogens with zero attached hydrogens (tertiary/aromatic N) is 1. The summed E-state index contributed by atoms with van der Waals surface area (Å²) in [6.07, 6.45) is 12.0. The van der Waals surface area contributed by atoms with Crippen LogP contribution in [-0.4, -0.2) is 28.6 Å². The second-order valence-corrected chi connectivity index (χ2v) is 5.92. The van der Waals surface area contributed by atoms with E-state index in [0.717, 1.165) is 11.7 Å². The average Bonchev–Trinajstić information content (AvgIpc) is 2.40. The Hall–Kier alpha value is -0.310. The van der Waals surface area contributed by atoms with Gasteiger partial charge < -0.3 is 10.2 Å². The van der Waals surface area contributed by atoms with E-state index in [0.29, 0.717) is 12.1 Å². The van der Waals surface area contributed by atoms with Gasteiger partial charge in [0.1, 0.15) is 0 Å². The number of piperidine rings is 1. The molecule has 1 aliphatic heterocycles. The molecule has 0 aromatic rings. The van der Waals surface area contributed by atoms with Gasteiger partial charge >= 0.3 is 0 Å². The van der Waals surface area contributed by atoms with Crippen molar-refractivity contribution in [3.05, 3.63) is 0 Å². The highest BCUT2D eigenvalue weighted by Gasteiger charge is 2.24.